The molecule has 1 aliphatic heterocycles. The number of para-hydroxylation sites is 1. The van der Waals surface area contributed by atoms with Gasteiger partial charge >= 0.3 is 5.69 Å². The molecule has 0 atom stereocenters. The first kappa shape index (κ1) is 16.9. The van der Waals surface area contributed by atoms with E-state index in [4.69, 9.17) is 0 Å². The average molecular weight is 374 g/mol. The number of hydrogen-bond acceptors (Lipinski definition) is 5. The van der Waals surface area contributed by atoms with Crippen molar-refractivity contribution in [1.29, 1.82) is 0 Å². The van der Waals surface area contributed by atoms with Crippen molar-refractivity contribution in [2.45, 2.75) is 19.4 Å². The maximum atomic E-state index is 12.7. The van der Waals surface area contributed by atoms with Gasteiger partial charge in [0, 0.05) is 38.3 Å². The van der Waals surface area contributed by atoms with Gasteiger partial charge in [0.05, 0.1) is 11.0 Å². The van der Waals surface area contributed by atoms with E-state index in [1.807, 2.05) is 41.9 Å². The predicted octanol–water partition coefficient (Wildman–Crippen LogP) is 2.59. The minimum atomic E-state index is 0.0120. The van der Waals surface area contributed by atoms with E-state index < -0.39 is 0 Å². The Morgan fingerprint density at radius 2 is 1.86 bits per heavy atom. The summed E-state index contributed by atoms with van der Waals surface area (Å²) in [5.41, 5.74) is 2.65. The predicted molar refractivity (Wildman–Crippen MR) is 109 cm³/mol. The molecule has 0 spiro atoms. The largest absolute Gasteiger partial charge is 0.356 e. The van der Waals surface area contributed by atoms with Crippen LogP contribution >= 0.6 is 0 Å². The van der Waals surface area contributed by atoms with Crippen molar-refractivity contribution in [3.63, 3.8) is 0 Å². The fraction of sp³-hybridized carbons (Fsp3) is 0.333. The molecule has 142 valence electrons. The lowest BCUT2D eigenvalue weighted by molar-refractivity contribution is 0.354. The van der Waals surface area contributed by atoms with Gasteiger partial charge in [-0.3, -0.25) is 9.13 Å². The molecule has 1 aromatic carbocycles. The van der Waals surface area contributed by atoms with Crippen LogP contribution in [-0.2, 0) is 13.6 Å². The number of benzene rings is 1. The van der Waals surface area contributed by atoms with Crippen molar-refractivity contribution in [2.24, 2.45) is 13.0 Å². The zero-order valence-corrected chi connectivity index (χ0v) is 15.8. The normalized spacial score (nSPS) is 15.5. The van der Waals surface area contributed by atoms with Crippen LogP contribution in [0.15, 0.2) is 53.7 Å². The molecule has 0 bridgehead atoms. The van der Waals surface area contributed by atoms with Gasteiger partial charge in [-0.1, -0.05) is 12.1 Å². The Balaban J connectivity index is 1.36. The highest BCUT2D eigenvalue weighted by Crippen LogP contribution is 2.28. The van der Waals surface area contributed by atoms with Crippen LogP contribution in [0.3, 0.4) is 0 Å². The minimum absolute atomic E-state index is 0.0120. The third-order valence-electron chi connectivity index (χ3n) is 5.78. The number of aryl methyl sites for hydroxylation is 1. The molecular formula is C21H22N6O. The van der Waals surface area contributed by atoms with Crippen LogP contribution in [0, 0.1) is 5.92 Å². The fourth-order valence-corrected chi connectivity index (χ4v) is 4.23. The lowest BCUT2D eigenvalue weighted by atomic mass is 9.96. The summed E-state index contributed by atoms with van der Waals surface area (Å²) >= 11 is 0. The summed E-state index contributed by atoms with van der Waals surface area (Å²) in [7, 11) is 1.81. The van der Waals surface area contributed by atoms with Crippen LogP contribution in [0.4, 0.5) is 5.82 Å². The standard InChI is InChI=1S/C21H22N6O/c1-25-18-7-4-10-22-20(18)27(21(25)28)13-15-8-11-26(12-9-15)19-16-5-2-3-6-17(16)23-14-24-19/h2-7,10,14-15H,8-9,11-13H2,1H3. The Labute approximate surface area is 162 Å². The smallest absolute Gasteiger partial charge is 0.330 e. The molecule has 3 aromatic heterocycles. The number of piperidine rings is 1. The molecule has 1 saturated heterocycles. The van der Waals surface area contributed by atoms with Crippen LogP contribution in [0.5, 0.6) is 0 Å². The summed E-state index contributed by atoms with van der Waals surface area (Å²) in [4.78, 5) is 28.3. The summed E-state index contributed by atoms with van der Waals surface area (Å²) in [6, 6.07) is 12.0. The highest BCUT2D eigenvalue weighted by Gasteiger charge is 2.23. The molecular weight excluding hydrogens is 352 g/mol. The molecule has 28 heavy (non-hydrogen) atoms. The average Bonchev–Trinajstić information content (AvgIpc) is 2.99. The van der Waals surface area contributed by atoms with Crippen LogP contribution in [0.1, 0.15) is 12.8 Å². The van der Waals surface area contributed by atoms with Crippen molar-refractivity contribution in [3.8, 4) is 0 Å². The highest BCUT2D eigenvalue weighted by molar-refractivity contribution is 5.89. The number of pyridine rings is 1. The van der Waals surface area contributed by atoms with E-state index in [9.17, 15) is 4.79 Å². The molecule has 0 radical (unpaired) electrons. The first-order valence-corrected chi connectivity index (χ1v) is 9.67. The lowest BCUT2D eigenvalue weighted by Gasteiger charge is -2.33. The second-order valence-electron chi connectivity index (χ2n) is 7.44. The monoisotopic (exact) mass is 374 g/mol. The molecule has 7 heteroatoms. The van der Waals surface area contributed by atoms with Crippen molar-refractivity contribution in [1.82, 2.24) is 24.1 Å². The van der Waals surface area contributed by atoms with Gasteiger partial charge < -0.3 is 4.90 Å². The second kappa shape index (κ2) is 6.74. The fourth-order valence-electron chi connectivity index (χ4n) is 4.23. The van der Waals surface area contributed by atoms with Crippen LogP contribution < -0.4 is 10.6 Å². The first-order valence-electron chi connectivity index (χ1n) is 9.67. The summed E-state index contributed by atoms with van der Waals surface area (Å²) in [6.07, 6.45) is 5.44. The van der Waals surface area contributed by atoms with Crippen molar-refractivity contribution < 1.29 is 0 Å². The Kier molecular flexibility index (Phi) is 4.07. The molecule has 1 fully saturated rings. The van der Waals surface area contributed by atoms with Gasteiger partial charge in [0.2, 0.25) is 0 Å². The minimum Gasteiger partial charge on any atom is -0.356 e. The highest BCUT2D eigenvalue weighted by atomic mass is 16.1. The van der Waals surface area contributed by atoms with Gasteiger partial charge in [0.1, 0.15) is 12.1 Å². The van der Waals surface area contributed by atoms with Crippen LogP contribution in [0.2, 0.25) is 0 Å². The Bertz CT molecular complexity index is 1200. The number of aromatic nitrogens is 5. The number of nitrogens with zero attached hydrogens (tertiary/aromatic N) is 6. The summed E-state index contributed by atoms with van der Waals surface area (Å²) in [5, 5.41) is 1.10. The molecule has 7 nitrogen and oxygen atoms in total. The summed E-state index contributed by atoms with van der Waals surface area (Å²) in [5.74, 6) is 1.46. The Hall–Kier alpha value is -3.22. The molecule has 0 saturated carbocycles. The topological polar surface area (TPSA) is 68.8 Å². The van der Waals surface area contributed by atoms with E-state index in [2.05, 4.69) is 25.9 Å². The van der Waals surface area contributed by atoms with Gasteiger partial charge in [-0.2, -0.15) is 0 Å². The van der Waals surface area contributed by atoms with E-state index in [-0.39, 0.29) is 5.69 Å². The number of imidazole rings is 1. The van der Waals surface area contributed by atoms with Gasteiger partial charge in [-0.05, 0) is 43.0 Å². The van der Waals surface area contributed by atoms with E-state index in [1.165, 1.54) is 0 Å². The third-order valence-corrected chi connectivity index (χ3v) is 5.78. The number of rotatable bonds is 3. The Morgan fingerprint density at radius 3 is 2.71 bits per heavy atom. The maximum absolute atomic E-state index is 12.7. The second-order valence-corrected chi connectivity index (χ2v) is 7.44. The van der Waals surface area contributed by atoms with Crippen molar-refractivity contribution in [2.75, 3.05) is 18.0 Å². The summed E-state index contributed by atoms with van der Waals surface area (Å²) < 4.78 is 3.51. The molecule has 5 rings (SSSR count). The van der Waals surface area contributed by atoms with Crippen molar-refractivity contribution in [3.05, 3.63) is 59.4 Å². The first-order chi connectivity index (χ1) is 13.7. The maximum Gasteiger partial charge on any atom is 0.330 e. The van der Waals surface area contributed by atoms with E-state index in [0.29, 0.717) is 12.5 Å². The van der Waals surface area contributed by atoms with Crippen LogP contribution in [-0.4, -0.2) is 37.2 Å². The van der Waals surface area contributed by atoms with E-state index in [0.717, 1.165) is 53.8 Å². The molecule has 4 aromatic rings. The van der Waals surface area contributed by atoms with E-state index >= 15 is 0 Å². The number of anilines is 1. The molecule has 0 amide bonds. The van der Waals surface area contributed by atoms with Crippen molar-refractivity contribution >= 4 is 27.9 Å². The van der Waals surface area contributed by atoms with E-state index in [1.54, 1.807) is 17.1 Å². The molecule has 0 N–H and O–H groups in total. The zero-order valence-electron chi connectivity index (χ0n) is 15.8. The lowest BCUT2D eigenvalue weighted by Crippen LogP contribution is -2.37. The molecule has 0 unspecified atom stereocenters. The van der Waals surface area contributed by atoms with Gasteiger partial charge in [-0.15, -0.1) is 0 Å². The SMILES string of the molecule is Cn1c(=O)n(CC2CCN(c3ncnc4ccccc34)CC2)c2ncccc21. The van der Waals surface area contributed by atoms with Gasteiger partial charge in [0.25, 0.3) is 0 Å². The molecule has 0 aliphatic carbocycles. The number of fused-ring (bicyclic) bond motifs is 2. The molecule has 1 aliphatic rings. The van der Waals surface area contributed by atoms with Crippen LogP contribution in [0.25, 0.3) is 22.1 Å². The van der Waals surface area contributed by atoms with Gasteiger partial charge in [-0.25, -0.2) is 19.7 Å². The number of hydrogen-bond donors (Lipinski definition) is 0. The zero-order chi connectivity index (χ0) is 19.1. The third kappa shape index (κ3) is 2.74. The Morgan fingerprint density at radius 1 is 1.04 bits per heavy atom. The molecule has 4 heterocycles. The van der Waals surface area contributed by atoms with Gasteiger partial charge in [0.15, 0.2) is 5.65 Å². The summed E-state index contributed by atoms with van der Waals surface area (Å²) in [6.45, 7) is 2.57. The quantitative estimate of drug-likeness (QED) is 0.551.